The Morgan fingerprint density at radius 1 is 1.33 bits per heavy atom. The van der Waals surface area contributed by atoms with E-state index >= 15 is 0 Å². The highest BCUT2D eigenvalue weighted by Crippen LogP contribution is 2.36. The number of methoxy groups -OCH3 is 2. The third-order valence-corrected chi connectivity index (χ3v) is 4.49. The van der Waals surface area contributed by atoms with Crippen LogP contribution in [0.3, 0.4) is 0 Å². The summed E-state index contributed by atoms with van der Waals surface area (Å²) in [6.07, 6.45) is 4.65. The molecule has 6 heteroatoms. The number of fused-ring (bicyclic) bond motifs is 1. The number of nitrogens with zero attached hydrogens (tertiary/aromatic N) is 2. The molecule has 1 atom stereocenters. The predicted octanol–water partition coefficient (Wildman–Crippen LogP) is 3.21. The zero-order chi connectivity index (χ0) is 17.3. The highest BCUT2D eigenvalue weighted by Gasteiger charge is 2.32. The molecule has 1 heterocycles. The standard InChI is InChI=1S/C18H19BrN2O3/c1-18(19)8-13-11-21(10-12-4-6-14(23-2)7-5-12)20-16(13)15(9-18)17(22)24-3/h4-7,9,11H,8,10H2,1-3H3. The average molecular weight is 391 g/mol. The first kappa shape index (κ1) is 16.8. The van der Waals surface area contributed by atoms with Crippen LogP contribution in [-0.4, -0.2) is 34.3 Å². The highest BCUT2D eigenvalue weighted by molar-refractivity contribution is 9.10. The van der Waals surface area contributed by atoms with E-state index < -0.39 is 0 Å². The maximum atomic E-state index is 12.1. The van der Waals surface area contributed by atoms with Crippen molar-refractivity contribution in [2.24, 2.45) is 0 Å². The van der Waals surface area contributed by atoms with Gasteiger partial charge in [0.05, 0.1) is 26.3 Å². The van der Waals surface area contributed by atoms with Crippen LogP contribution in [0.1, 0.15) is 23.7 Å². The summed E-state index contributed by atoms with van der Waals surface area (Å²) in [4.78, 5) is 12.1. The summed E-state index contributed by atoms with van der Waals surface area (Å²) < 4.78 is 11.7. The zero-order valence-corrected chi connectivity index (χ0v) is 15.5. The van der Waals surface area contributed by atoms with Crippen LogP contribution in [0, 0.1) is 0 Å². The van der Waals surface area contributed by atoms with Gasteiger partial charge in [0.25, 0.3) is 0 Å². The monoisotopic (exact) mass is 390 g/mol. The van der Waals surface area contributed by atoms with E-state index in [0.29, 0.717) is 17.8 Å². The second-order valence-corrected chi connectivity index (χ2v) is 7.86. The van der Waals surface area contributed by atoms with E-state index in [9.17, 15) is 4.79 Å². The predicted molar refractivity (Wildman–Crippen MR) is 95.4 cm³/mol. The van der Waals surface area contributed by atoms with Crippen LogP contribution in [0.15, 0.2) is 36.5 Å². The number of esters is 1. The highest BCUT2D eigenvalue weighted by atomic mass is 79.9. The lowest BCUT2D eigenvalue weighted by molar-refractivity contribution is -0.133. The third-order valence-electron chi connectivity index (χ3n) is 3.98. The number of halogens is 1. The number of alkyl halides is 1. The van der Waals surface area contributed by atoms with Crippen LogP contribution < -0.4 is 4.74 Å². The summed E-state index contributed by atoms with van der Waals surface area (Å²) in [5.74, 6) is 0.459. The molecular weight excluding hydrogens is 372 g/mol. The number of allylic oxidation sites excluding steroid dienone is 1. The Hall–Kier alpha value is -2.08. The first-order valence-electron chi connectivity index (χ1n) is 7.61. The van der Waals surface area contributed by atoms with Gasteiger partial charge in [-0.05, 0) is 31.0 Å². The van der Waals surface area contributed by atoms with Crippen molar-refractivity contribution in [2.75, 3.05) is 14.2 Å². The molecule has 0 N–H and O–H groups in total. The summed E-state index contributed by atoms with van der Waals surface area (Å²) in [6, 6.07) is 7.86. The number of carbonyl (C=O) groups is 1. The second kappa shape index (κ2) is 6.43. The van der Waals surface area contributed by atoms with Gasteiger partial charge in [0.1, 0.15) is 11.4 Å². The van der Waals surface area contributed by atoms with Crippen LogP contribution in [0.2, 0.25) is 0 Å². The fourth-order valence-electron chi connectivity index (χ4n) is 2.88. The van der Waals surface area contributed by atoms with Crippen molar-refractivity contribution < 1.29 is 14.3 Å². The van der Waals surface area contributed by atoms with Gasteiger partial charge in [-0.3, -0.25) is 4.68 Å². The lowest BCUT2D eigenvalue weighted by Gasteiger charge is -2.23. The molecule has 0 spiro atoms. The molecule has 0 amide bonds. The molecule has 3 rings (SSSR count). The van der Waals surface area contributed by atoms with Gasteiger partial charge in [-0.2, -0.15) is 5.10 Å². The molecule has 24 heavy (non-hydrogen) atoms. The molecule has 1 aromatic carbocycles. The molecule has 0 fully saturated rings. The quantitative estimate of drug-likeness (QED) is 0.594. The summed E-state index contributed by atoms with van der Waals surface area (Å²) in [5, 5.41) is 4.60. The number of carbonyl (C=O) groups excluding carboxylic acids is 1. The van der Waals surface area contributed by atoms with Crippen molar-refractivity contribution in [3.8, 4) is 5.75 Å². The van der Waals surface area contributed by atoms with Crippen LogP contribution in [-0.2, 0) is 22.5 Å². The Morgan fingerprint density at radius 3 is 2.67 bits per heavy atom. The minimum Gasteiger partial charge on any atom is -0.497 e. The number of rotatable bonds is 4. The first-order chi connectivity index (χ1) is 11.4. The minimum absolute atomic E-state index is 0.280. The van der Waals surface area contributed by atoms with Crippen LogP contribution in [0.25, 0.3) is 5.57 Å². The largest absolute Gasteiger partial charge is 0.497 e. The van der Waals surface area contributed by atoms with Crippen LogP contribution in [0.4, 0.5) is 0 Å². The van der Waals surface area contributed by atoms with E-state index in [-0.39, 0.29) is 10.3 Å². The molecule has 2 aromatic rings. The molecule has 1 aromatic heterocycles. The summed E-state index contributed by atoms with van der Waals surface area (Å²) in [7, 11) is 3.03. The lowest BCUT2D eigenvalue weighted by atomic mass is 9.90. The molecule has 1 unspecified atom stereocenters. The van der Waals surface area contributed by atoms with Crippen molar-refractivity contribution in [3.63, 3.8) is 0 Å². The number of ether oxygens (including phenoxy) is 2. The van der Waals surface area contributed by atoms with E-state index in [0.717, 1.165) is 23.3 Å². The van der Waals surface area contributed by atoms with Gasteiger partial charge in [-0.1, -0.05) is 34.1 Å². The molecule has 0 bridgehead atoms. The first-order valence-corrected chi connectivity index (χ1v) is 8.41. The molecule has 126 valence electrons. The van der Waals surface area contributed by atoms with Gasteiger partial charge in [0, 0.05) is 16.1 Å². The SMILES string of the molecule is COC(=O)C1=CC(C)(Br)Cc2cn(Cc3ccc(OC)cc3)nc21. The Bertz CT molecular complexity index is 791. The van der Waals surface area contributed by atoms with E-state index in [1.165, 1.54) is 7.11 Å². The summed E-state index contributed by atoms with van der Waals surface area (Å²) in [6.45, 7) is 2.66. The van der Waals surface area contributed by atoms with Crippen molar-refractivity contribution in [1.29, 1.82) is 0 Å². The fourth-order valence-corrected chi connectivity index (χ4v) is 3.41. The van der Waals surface area contributed by atoms with Gasteiger partial charge >= 0.3 is 5.97 Å². The van der Waals surface area contributed by atoms with Crippen LogP contribution >= 0.6 is 15.9 Å². The lowest BCUT2D eigenvalue weighted by Crippen LogP contribution is -2.23. The molecular formula is C18H19BrN2O3. The molecule has 1 aliphatic rings. The Morgan fingerprint density at radius 2 is 2.04 bits per heavy atom. The topological polar surface area (TPSA) is 53.4 Å². The summed E-state index contributed by atoms with van der Waals surface area (Å²) in [5.41, 5.74) is 3.35. The second-order valence-electron chi connectivity index (χ2n) is 6.05. The van der Waals surface area contributed by atoms with Gasteiger partial charge in [0.2, 0.25) is 0 Å². The van der Waals surface area contributed by atoms with Crippen molar-refractivity contribution in [3.05, 3.63) is 53.4 Å². The maximum absolute atomic E-state index is 12.1. The van der Waals surface area contributed by atoms with E-state index in [1.54, 1.807) is 7.11 Å². The Kier molecular flexibility index (Phi) is 4.49. The fraction of sp³-hybridized carbons (Fsp3) is 0.333. The number of benzene rings is 1. The minimum atomic E-state index is -0.365. The van der Waals surface area contributed by atoms with E-state index in [4.69, 9.17) is 9.47 Å². The van der Waals surface area contributed by atoms with Crippen molar-refractivity contribution in [2.45, 2.75) is 24.2 Å². The normalized spacial score (nSPS) is 19.4. The maximum Gasteiger partial charge on any atom is 0.339 e. The van der Waals surface area contributed by atoms with Gasteiger partial charge in [0.15, 0.2) is 0 Å². The number of hydrogen-bond acceptors (Lipinski definition) is 4. The summed E-state index contributed by atoms with van der Waals surface area (Å²) >= 11 is 3.66. The molecule has 0 saturated heterocycles. The number of hydrogen-bond donors (Lipinski definition) is 0. The van der Waals surface area contributed by atoms with Gasteiger partial charge < -0.3 is 9.47 Å². The van der Waals surface area contributed by atoms with E-state index in [2.05, 4.69) is 21.0 Å². The number of aromatic nitrogens is 2. The molecule has 5 nitrogen and oxygen atoms in total. The average Bonchev–Trinajstić information content (AvgIpc) is 2.94. The molecule has 0 saturated carbocycles. The molecule has 0 radical (unpaired) electrons. The van der Waals surface area contributed by atoms with E-state index in [1.807, 2.05) is 48.1 Å². The van der Waals surface area contributed by atoms with Crippen molar-refractivity contribution in [1.82, 2.24) is 9.78 Å². The molecule has 1 aliphatic carbocycles. The molecule has 0 aliphatic heterocycles. The van der Waals surface area contributed by atoms with Crippen LogP contribution in [0.5, 0.6) is 5.75 Å². The Labute approximate surface area is 149 Å². The van der Waals surface area contributed by atoms with Gasteiger partial charge in [-0.15, -0.1) is 0 Å². The smallest absolute Gasteiger partial charge is 0.339 e. The zero-order valence-electron chi connectivity index (χ0n) is 13.9. The van der Waals surface area contributed by atoms with Crippen molar-refractivity contribution >= 4 is 27.5 Å². The third kappa shape index (κ3) is 3.38. The van der Waals surface area contributed by atoms with Gasteiger partial charge in [-0.25, -0.2) is 4.79 Å². The Balaban J connectivity index is 1.90.